The summed E-state index contributed by atoms with van der Waals surface area (Å²) >= 11 is 3.53. The van der Waals surface area contributed by atoms with Gasteiger partial charge in [-0.25, -0.2) is 0 Å². The van der Waals surface area contributed by atoms with Crippen molar-refractivity contribution in [3.05, 3.63) is 34.3 Å². The molecule has 0 bridgehead atoms. The van der Waals surface area contributed by atoms with E-state index in [9.17, 15) is 4.79 Å². The third-order valence-corrected chi connectivity index (χ3v) is 7.36. The molecule has 0 heterocycles. The van der Waals surface area contributed by atoms with Crippen molar-refractivity contribution in [2.24, 2.45) is 0 Å². The number of hydrogen-bond acceptors (Lipinski definition) is 2. The van der Waals surface area contributed by atoms with Crippen LogP contribution in [0.4, 0.5) is 0 Å². The van der Waals surface area contributed by atoms with Crippen LogP contribution in [0.3, 0.4) is 0 Å². The lowest BCUT2D eigenvalue weighted by atomic mass is 10.0. The zero-order chi connectivity index (χ0) is 24.0. The predicted octanol–water partition coefficient (Wildman–Crippen LogP) is 10.9. The van der Waals surface area contributed by atoms with Crippen LogP contribution in [-0.2, 0) is 9.53 Å². The zero-order valence-electron chi connectivity index (χ0n) is 21.7. The largest absolute Gasteiger partial charge is 0.458 e. The molecular formula is C30H51BrO2. The Bertz CT molecular complexity index is 586. The normalized spacial score (nSPS) is 12.1. The molecular weight excluding hydrogens is 472 g/mol. The van der Waals surface area contributed by atoms with Crippen LogP contribution in [0.2, 0.25) is 0 Å². The van der Waals surface area contributed by atoms with E-state index in [1.54, 1.807) is 0 Å². The average molecular weight is 524 g/mol. The first-order valence-electron chi connectivity index (χ1n) is 14.1. The summed E-state index contributed by atoms with van der Waals surface area (Å²) in [7, 11) is 0. The van der Waals surface area contributed by atoms with Crippen LogP contribution in [0, 0.1) is 0 Å². The van der Waals surface area contributed by atoms with E-state index in [4.69, 9.17) is 4.74 Å². The zero-order valence-corrected chi connectivity index (χ0v) is 23.3. The van der Waals surface area contributed by atoms with E-state index < -0.39 is 0 Å². The van der Waals surface area contributed by atoms with Crippen molar-refractivity contribution < 1.29 is 9.53 Å². The maximum absolute atomic E-state index is 12.1. The topological polar surface area (TPSA) is 26.3 Å². The molecule has 33 heavy (non-hydrogen) atoms. The van der Waals surface area contributed by atoms with E-state index in [0.717, 1.165) is 22.9 Å². The van der Waals surface area contributed by atoms with Crippen LogP contribution in [0.1, 0.15) is 154 Å². The third kappa shape index (κ3) is 17.3. The van der Waals surface area contributed by atoms with Crippen LogP contribution in [-0.4, -0.2) is 5.97 Å². The highest BCUT2D eigenvalue weighted by atomic mass is 79.9. The molecule has 0 fully saturated rings. The molecule has 1 atom stereocenters. The van der Waals surface area contributed by atoms with Gasteiger partial charge in [0.05, 0.1) is 0 Å². The second-order valence-electron chi connectivity index (χ2n) is 9.77. The van der Waals surface area contributed by atoms with Gasteiger partial charge in [-0.05, 0) is 19.4 Å². The van der Waals surface area contributed by atoms with Crippen molar-refractivity contribution in [1.82, 2.24) is 0 Å². The van der Waals surface area contributed by atoms with Crippen molar-refractivity contribution >= 4 is 21.9 Å². The average Bonchev–Trinajstić information content (AvgIpc) is 2.80. The minimum atomic E-state index is -0.201. The summed E-state index contributed by atoms with van der Waals surface area (Å²) in [6, 6.07) is 7.93. The molecule has 0 spiro atoms. The molecule has 0 aliphatic heterocycles. The minimum absolute atomic E-state index is 0.0785. The number of unbranched alkanes of at least 4 members (excludes halogenated alkanes) is 18. The molecule has 1 aromatic carbocycles. The van der Waals surface area contributed by atoms with Gasteiger partial charge >= 0.3 is 5.97 Å². The number of carbonyl (C=O) groups excluding carboxylic acids is 1. The van der Waals surface area contributed by atoms with Gasteiger partial charge in [0.1, 0.15) is 6.10 Å². The predicted molar refractivity (Wildman–Crippen MR) is 147 cm³/mol. The Morgan fingerprint density at radius 1 is 0.697 bits per heavy atom. The van der Waals surface area contributed by atoms with Gasteiger partial charge in [-0.1, -0.05) is 157 Å². The quantitative estimate of drug-likeness (QED) is 0.112. The summed E-state index contributed by atoms with van der Waals surface area (Å²) in [5.74, 6) is -0.0785. The second kappa shape index (κ2) is 21.7. The maximum Gasteiger partial charge on any atom is 0.306 e. The molecule has 3 heteroatoms. The Morgan fingerprint density at radius 2 is 1.09 bits per heavy atom. The molecule has 1 rings (SSSR count). The van der Waals surface area contributed by atoms with Gasteiger partial charge < -0.3 is 4.74 Å². The van der Waals surface area contributed by atoms with E-state index in [1.807, 2.05) is 31.2 Å². The second-order valence-corrected chi connectivity index (χ2v) is 10.6. The summed E-state index contributed by atoms with van der Waals surface area (Å²) in [6.07, 6.45) is 26.3. The Hall–Kier alpha value is -0.830. The van der Waals surface area contributed by atoms with Gasteiger partial charge in [-0.15, -0.1) is 0 Å². The Labute approximate surface area is 213 Å². The van der Waals surface area contributed by atoms with Crippen LogP contribution in [0.15, 0.2) is 28.7 Å². The molecule has 0 amide bonds. The smallest absolute Gasteiger partial charge is 0.306 e. The third-order valence-electron chi connectivity index (χ3n) is 6.64. The summed E-state index contributed by atoms with van der Waals surface area (Å²) in [5, 5.41) is 0. The van der Waals surface area contributed by atoms with Crippen molar-refractivity contribution in [2.45, 2.75) is 148 Å². The number of hydrogen-bond donors (Lipinski definition) is 0. The molecule has 0 saturated carbocycles. The number of ether oxygens (including phenoxy) is 1. The van der Waals surface area contributed by atoms with Crippen LogP contribution in [0.25, 0.3) is 0 Å². The molecule has 190 valence electrons. The van der Waals surface area contributed by atoms with Gasteiger partial charge in [0, 0.05) is 16.5 Å². The fourth-order valence-electron chi connectivity index (χ4n) is 4.47. The Kier molecular flexibility index (Phi) is 19.8. The van der Waals surface area contributed by atoms with E-state index in [2.05, 4.69) is 22.9 Å². The first-order chi connectivity index (χ1) is 16.1. The van der Waals surface area contributed by atoms with Gasteiger partial charge in [0.15, 0.2) is 0 Å². The van der Waals surface area contributed by atoms with Gasteiger partial charge in [0.2, 0.25) is 0 Å². The number of halogens is 1. The van der Waals surface area contributed by atoms with E-state index in [-0.39, 0.29) is 12.1 Å². The van der Waals surface area contributed by atoms with Gasteiger partial charge in [-0.2, -0.15) is 0 Å². The lowest BCUT2D eigenvalue weighted by Gasteiger charge is -2.15. The number of rotatable bonds is 22. The van der Waals surface area contributed by atoms with Crippen molar-refractivity contribution in [2.75, 3.05) is 0 Å². The summed E-state index contributed by atoms with van der Waals surface area (Å²) in [5.41, 5.74) is 1.03. The summed E-state index contributed by atoms with van der Waals surface area (Å²) in [6.45, 7) is 4.23. The molecule has 0 aliphatic carbocycles. The highest BCUT2D eigenvalue weighted by molar-refractivity contribution is 9.10. The van der Waals surface area contributed by atoms with Crippen LogP contribution >= 0.6 is 15.9 Å². The summed E-state index contributed by atoms with van der Waals surface area (Å²) in [4.78, 5) is 12.1. The highest BCUT2D eigenvalue weighted by Crippen LogP contribution is 2.26. The summed E-state index contributed by atoms with van der Waals surface area (Å²) < 4.78 is 6.58. The van der Waals surface area contributed by atoms with Crippen LogP contribution < -0.4 is 0 Å². The maximum atomic E-state index is 12.1. The van der Waals surface area contributed by atoms with Gasteiger partial charge in [0.25, 0.3) is 0 Å². The number of esters is 1. The molecule has 0 aromatic heterocycles. The molecule has 0 aliphatic rings. The molecule has 2 nitrogen and oxygen atoms in total. The van der Waals surface area contributed by atoms with E-state index >= 15 is 0 Å². The van der Waals surface area contributed by atoms with Crippen LogP contribution in [0.5, 0.6) is 0 Å². The van der Waals surface area contributed by atoms with Gasteiger partial charge in [-0.3, -0.25) is 4.79 Å². The minimum Gasteiger partial charge on any atom is -0.458 e. The SMILES string of the molecule is CCCCCCCCCCCCCCCCCCCCCC(=O)O[C@H](C)c1ccccc1Br. The first-order valence-corrected chi connectivity index (χ1v) is 14.9. The monoisotopic (exact) mass is 522 g/mol. The van der Waals surface area contributed by atoms with E-state index in [0.29, 0.717) is 6.42 Å². The fourth-order valence-corrected chi connectivity index (χ4v) is 5.08. The molecule has 0 unspecified atom stereocenters. The molecule has 0 radical (unpaired) electrons. The fraction of sp³-hybridized carbons (Fsp3) is 0.767. The lowest BCUT2D eigenvalue weighted by Crippen LogP contribution is -2.09. The Morgan fingerprint density at radius 3 is 1.52 bits per heavy atom. The van der Waals surface area contributed by atoms with Crippen molar-refractivity contribution in [3.8, 4) is 0 Å². The Balaban J connectivity index is 1.81. The van der Waals surface area contributed by atoms with Crippen molar-refractivity contribution in [3.63, 3.8) is 0 Å². The molecule has 0 N–H and O–H groups in total. The highest BCUT2D eigenvalue weighted by Gasteiger charge is 2.13. The van der Waals surface area contributed by atoms with Crippen molar-refractivity contribution in [1.29, 1.82) is 0 Å². The molecule has 0 saturated heterocycles. The first kappa shape index (κ1) is 30.2. The number of carbonyl (C=O) groups is 1. The standard InChI is InChI=1S/C30H51BrO2/c1-3-4-5-6-7-8-9-10-11-12-13-14-15-16-17-18-19-20-21-26-30(32)33-27(2)28-24-22-23-25-29(28)31/h22-25,27H,3-21,26H2,1-2H3/t27-/m1/s1. The molecule has 1 aromatic rings. The van der Waals surface area contributed by atoms with E-state index in [1.165, 1.54) is 109 Å². The number of benzene rings is 1. The lowest BCUT2D eigenvalue weighted by molar-refractivity contribution is -0.148.